The van der Waals surface area contributed by atoms with Crippen LogP contribution in [0.25, 0.3) is 10.9 Å². The molecule has 1 aromatic heterocycles. The van der Waals surface area contributed by atoms with Crippen LogP contribution in [-0.2, 0) is 17.6 Å². The van der Waals surface area contributed by atoms with Crippen LogP contribution in [0.15, 0.2) is 12.3 Å². The minimum atomic E-state index is -4.89. The zero-order valence-corrected chi connectivity index (χ0v) is 12.2. The van der Waals surface area contributed by atoms with Gasteiger partial charge in [-0.2, -0.15) is 13.2 Å². The second-order valence-electron chi connectivity index (χ2n) is 5.54. The lowest BCUT2D eigenvalue weighted by Crippen LogP contribution is -2.37. The van der Waals surface area contributed by atoms with E-state index in [1.54, 1.807) is 6.20 Å². The van der Waals surface area contributed by atoms with Gasteiger partial charge in [0.05, 0.1) is 0 Å². The Kier molecular flexibility index (Phi) is 3.69. The van der Waals surface area contributed by atoms with Crippen LogP contribution in [0, 0.1) is 5.82 Å². The summed E-state index contributed by atoms with van der Waals surface area (Å²) in [6, 6.07) is 1.31. The molecule has 2 aromatic rings. The number of ether oxygens (including phenoxy) is 1. The lowest BCUT2D eigenvalue weighted by Gasteiger charge is -2.08. The van der Waals surface area contributed by atoms with Crippen molar-refractivity contribution in [3.8, 4) is 5.75 Å². The number of H-pyrrole nitrogens is 1. The molecule has 0 saturated carbocycles. The van der Waals surface area contributed by atoms with Crippen LogP contribution in [-0.4, -0.2) is 29.7 Å². The number of nitrogens with one attached hydrogen (secondary N) is 2. The number of hydrogen-bond acceptors (Lipinski definition) is 2. The molecule has 4 nitrogen and oxygen atoms in total. The number of carbonyl (C=O) groups excluding carboxylic acids is 1. The SMILES string of the molecule is CC1Cc2c(c(F)cc3[nH]cc(CCNC(=O)C(F)(F)F)c23)O1. The van der Waals surface area contributed by atoms with Gasteiger partial charge in [-0.25, -0.2) is 4.39 Å². The van der Waals surface area contributed by atoms with Gasteiger partial charge in [-0.1, -0.05) is 0 Å². The number of carbonyl (C=O) groups is 1. The topological polar surface area (TPSA) is 54.1 Å². The standard InChI is InChI=1S/C15H14F4N2O2/c1-7-4-9-12-8(2-3-20-14(22)15(17,18)19)6-21-11(12)5-10(16)13(9)23-7/h5-7,21H,2-4H2,1H3,(H,20,22). The lowest BCUT2D eigenvalue weighted by atomic mass is 10.0. The first-order valence-electron chi connectivity index (χ1n) is 7.10. The van der Waals surface area contributed by atoms with Crippen LogP contribution in [0.1, 0.15) is 18.1 Å². The van der Waals surface area contributed by atoms with Crippen molar-refractivity contribution in [2.45, 2.75) is 32.0 Å². The first-order valence-corrected chi connectivity index (χ1v) is 7.10. The number of halogens is 4. The van der Waals surface area contributed by atoms with E-state index < -0.39 is 17.9 Å². The van der Waals surface area contributed by atoms with Gasteiger partial charge >= 0.3 is 12.1 Å². The lowest BCUT2D eigenvalue weighted by molar-refractivity contribution is -0.173. The molecule has 1 unspecified atom stereocenters. The molecule has 0 spiro atoms. The first kappa shape index (κ1) is 15.6. The molecule has 0 fully saturated rings. The summed E-state index contributed by atoms with van der Waals surface area (Å²) in [5, 5.41) is 2.59. The number of amides is 1. The van der Waals surface area contributed by atoms with Crippen LogP contribution >= 0.6 is 0 Å². The predicted octanol–water partition coefficient (Wildman–Crippen LogP) is 2.85. The Morgan fingerprint density at radius 3 is 2.91 bits per heavy atom. The number of rotatable bonds is 3. The molecule has 0 bridgehead atoms. The average Bonchev–Trinajstić information content (AvgIpc) is 3.01. The number of aromatic nitrogens is 1. The third-order valence-electron chi connectivity index (χ3n) is 3.80. The monoisotopic (exact) mass is 330 g/mol. The molecule has 1 aliphatic heterocycles. The van der Waals surface area contributed by atoms with Gasteiger partial charge in [0.2, 0.25) is 0 Å². The third kappa shape index (κ3) is 2.85. The Labute approximate surface area is 128 Å². The Balaban J connectivity index is 1.83. The van der Waals surface area contributed by atoms with Crippen molar-refractivity contribution in [2.75, 3.05) is 6.54 Å². The van der Waals surface area contributed by atoms with Crippen LogP contribution in [0.3, 0.4) is 0 Å². The van der Waals surface area contributed by atoms with Gasteiger partial charge in [-0.3, -0.25) is 4.79 Å². The third-order valence-corrected chi connectivity index (χ3v) is 3.80. The molecule has 1 atom stereocenters. The zero-order chi connectivity index (χ0) is 16.8. The van der Waals surface area contributed by atoms with Crippen LogP contribution < -0.4 is 10.1 Å². The Morgan fingerprint density at radius 2 is 2.22 bits per heavy atom. The molecule has 0 saturated heterocycles. The van der Waals surface area contributed by atoms with E-state index in [0.717, 1.165) is 10.9 Å². The van der Waals surface area contributed by atoms with Gasteiger partial charge in [0.1, 0.15) is 6.10 Å². The molecular weight excluding hydrogens is 316 g/mol. The highest BCUT2D eigenvalue weighted by Crippen LogP contribution is 2.39. The molecule has 0 radical (unpaired) electrons. The molecule has 8 heteroatoms. The van der Waals surface area contributed by atoms with Crippen molar-refractivity contribution in [3.05, 3.63) is 29.2 Å². The maximum atomic E-state index is 14.0. The average molecular weight is 330 g/mol. The second kappa shape index (κ2) is 5.43. The number of fused-ring (bicyclic) bond motifs is 3. The fraction of sp³-hybridized carbons (Fsp3) is 0.400. The molecule has 1 amide bonds. The highest BCUT2D eigenvalue weighted by Gasteiger charge is 2.38. The summed E-state index contributed by atoms with van der Waals surface area (Å²) in [4.78, 5) is 13.7. The highest BCUT2D eigenvalue weighted by atomic mass is 19.4. The van der Waals surface area contributed by atoms with E-state index in [1.165, 1.54) is 6.07 Å². The highest BCUT2D eigenvalue weighted by molar-refractivity contribution is 5.89. The van der Waals surface area contributed by atoms with E-state index in [2.05, 4.69) is 4.98 Å². The smallest absolute Gasteiger partial charge is 0.471 e. The maximum absolute atomic E-state index is 14.0. The van der Waals surface area contributed by atoms with E-state index >= 15 is 0 Å². The van der Waals surface area contributed by atoms with Gasteiger partial charge < -0.3 is 15.0 Å². The summed E-state index contributed by atoms with van der Waals surface area (Å²) in [6.07, 6.45) is -2.70. The second-order valence-corrected chi connectivity index (χ2v) is 5.54. The van der Waals surface area contributed by atoms with Crippen molar-refractivity contribution in [1.29, 1.82) is 0 Å². The largest absolute Gasteiger partial charge is 0.487 e. The van der Waals surface area contributed by atoms with E-state index in [1.807, 2.05) is 12.2 Å². The number of benzene rings is 1. The van der Waals surface area contributed by atoms with Gasteiger partial charge in [0, 0.05) is 41.7 Å². The summed E-state index contributed by atoms with van der Waals surface area (Å²) < 4.78 is 55.9. The number of hydrogen-bond donors (Lipinski definition) is 2. The van der Waals surface area contributed by atoms with Gasteiger partial charge in [0.25, 0.3) is 0 Å². The molecule has 0 aliphatic carbocycles. The van der Waals surface area contributed by atoms with Crippen molar-refractivity contribution in [1.82, 2.24) is 10.3 Å². The van der Waals surface area contributed by atoms with Crippen LogP contribution in [0.5, 0.6) is 5.75 Å². The first-order chi connectivity index (χ1) is 10.8. The van der Waals surface area contributed by atoms with Crippen molar-refractivity contribution in [3.63, 3.8) is 0 Å². The van der Waals surface area contributed by atoms with Crippen molar-refractivity contribution < 1.29 is 27.1 Å². The van der Waals surface area contributed by atoms with Crippen molar-refractivity contribution in [2.24, 2.45) is 0 Å². The summed E-state index contributed by atoms with van der Waals surface area (Å²) in [5.41, 5.74) is 2.00. The molecule has 3 rings (SSSR count). The molecule has 1 aliphatic rings. The molecule has 2 heterocycles. The summed E-state index contributed by atoms with van der Waals surface area (Å²) in [7, 11) is 0. The molecule has 124 valence electrons. The van der Waals surface area contributed by atoms with Crippen molar-refractivity contribution >= 4 is 16.8 Å². The van der Waals surface area contributed by atoms with E-state index in [-0.39, 0.29) is 24.8 Å². The Morgan fingerprint density at radius 1 is 1.48 bits per heavy atom. The summed E-state index contributed by atoms with van der Waals surface area (Å²) in [5.74, 6) is -2.23. The number of aromatic amines is 1. The Hall–Kier alpha value is -2.25. The zero-order valence-electron chi connectivity index (χ0n) is 12.2. The van der Waals surface area contributed by atoms with Gasteiger partial charge in [0.15, 0.2) is 11.6 Å². The van der Waals surface area contributed by atoms with E-state index in [4.69, 9.17) is 4.74 Å². The van der Waals surface area contributed by atoms with Gasteiger partial charge in [-0.15, -0.1) is 0 Å². The Bertz CT molecular complexity index is 767. The fourth-order valence-electron chi connectivity index (χ4n) is 2.86. The predicted molar refractivity (Wildman–Crippen MR) is 74.8 cm³/mol. The number of alkyl halides is 3. The molecular formula is C15H14F4N2O2. The molecule has 2 N–H and O–H groups in total. The molecule has 1 aromatic carbocycles. The van der Waals surface area contributed by atoms with Crippen LogP contribution in [0.4, 0.5) is 17.6 Å². The molecule has 23 heavy (non-hydrogen) atoms. The van der Waals surface area contributed by atoms with E-state index in [0.29, 0.717) is 17.5 Å². The van der Waals surface area contributed by atoms with Crippen LogP contribution in [0.2, 0.25) is 0 Å². The minimum Gasteiger partial charge on any atom is -0.487 e. The van der Waals surface area contributed by atoms with Gasteiger partial charge in [-0.05, 0) is 18.9 Å². The van der Waals surface area contributed by atoms with E-state index in [9.17, 15) is 22.4 Å². The quantitative estimate of drug-likeness (QED) is 0.851. The summed E-state index contributed by atoms with van der Waals surface area (Å²) in [6.45, 7) is 1.66. The maximum Gasteiger partial charge on any atom is 0.471 e. The summed E-state index contributed by atoms with van der Waals surface area (Å²) >= 11 is 0. The fourth-order valence-corrected chi connectivity index (χ4v) is 2.86. The normalized spacial score (nSPS) is 17.2. The minimum absolute atomic E-state index is 0.155.